The summed E-state index contributed by atoms with van der Waals surface area (Å²) in [7, 11) is 11.2. The molecule has 12 N–H and O–H groups in total. The molecule has 44 nitrogen and oxygen atoms in total. The average molecular weight is 1850 g/mol. The maximum Gasteiger partial charge on any atom is 0.291 e. The van der Waals surface area contributed by atoms with Crippen LogP contribution >= 0.6 is 22.9 Å². The SMILES string of the molecule is Cc1sc2c(c1C)C(c1ccc(Cl)cc1)=N[C@@H](CC(=O)Nc1ccc(OCCOCCOCCOCCOCCNC(=O)CCNC(=O)c3nc(NC(=O)c4cc(NC(=O)CCNC(=O)c5nc(NC(=O)CCCNC(=O)c6cc(NC(=O)c7nc(NC(=O)CCNC(=O)c8cc(NC(=O)c9nccn9C)cn8C)cn7C)cn6C)cn5C)cn4C)cn3C)cc1)c1nnc(C)n1-2. The van der Waals surface area contributed by atoms with E-state index in [0.717, 1.165) is 32.3 Å². The van der Waals surface area contributed by atoms with E-state index in [9.17, 15) is 57.5 Å². The van der Waals surface area contributed by atoms with E-state index in [1.54, 1.807) is 102 Å². The lowest BCUT2D eigenvalue weighted by Crippen LogP contribution is -2.33. The molecule has 12 amide bonds. The van der Waals surface area contributed by atoms with Crippen molar-refractivity contribution in [3.8, 4) is 10.8 Å². The number of imidazole rings is 4. The molecule has 10 heterocycles. The van der Waals surface area contributed by atoms with Crippen LogP contribution in [0.2, 0.25) is 5.02 Å². The summed E-state index contributed by atoms with van der Waals surface area (Å²) in [5.41, 5.74) is 5.84. The average Bonchev–Trinajstić information content (AvgIpc) is 1.59. The molecule has 0 bridgehead atoms. The summed E-state index contributed by atoms with van der Waals surface area (Å²) in [6, 6.07) is 18.4. The fourth-order valence-corrected chi connectivity index (χ4v) is 15.0. The first-order valence-corrected chi connectivity index (χ1v) is 43.1. The maximum absolute atomic E-state index is 13.6. The fraction of sp³-hybridized carbons (Fsp3) is 0.360. The third-order valence-electron chi connectivity index (χ3n) is 20.4. The second-order valence-corrected chi connectivity index (χ2v) is 32.1. The Hall–Kier alpha value is -14.8. The molecule has 0 saturated carbocycles. The number of carbonyl (C=O) groups is 12. The molecule has 132 heavy (non-hydrogen) atoms. The highest BCUT2D eigenvalue weighted by molar-refractivity contribution is 7.15. The van der Waals surface area contributed by atoms with Gasteiger partial charge in [0.1, 0.15) is 46.3 Å². The number of thiophene rings is 1. The molecule has 1 aliphatic heterocycles. The molecule has 0 unspecified atom stereocenters. The molecule has 2 aromatic carbocycles. The number of halogens is 1. The summed E-state index contributed by atoms with van der Waals surface area (Å²) in [6.07, 6.45) is 11.9. The molecule has 0 spiro atoms. The molecule has 0 fully saturated rings. The lowest BCUT2D eigenvalue weighted by molar-refractivity contribution is -0.121. The number of carbonyl (C=O) groups excluding carboxylic acids is 12. The van der Waals surface area contributed by atoms with Crippen LogP contribution in [0, 0.1) is 20.8 Å². The quantitative estimate of drug-likeness (QED) is 0.0207. The highest BCUT2D eigenvalue weighted by Crippen LogP contribution is 2.40. The predicted octanol–water partition coefficient (Wildman–Crippen LogP) is 5.58. The number of anilines is 7. The summed E-state index contributed by atoms with van der Waals surface area (Å²) in [5, 5.41) is 42.9. The summed E-state index contributed by atoms with van der Waals surface area (Å²) < 4.78 is 40.5. The van der Waals surface area contributed by atoms with E-state index in [1.807, 2.05) is 35.8 Å². The predicted molar refractivity (Wildman–Crippen MR) is 486 cm³/mol. The van der Waals surface area contributed by atoms with Gasteiger partial charge in [0.2, 0.25) is 47.0 Å². The van der Waals surface area contributed by atoms with Crippen LogP contribution in [-0.4, -0.2) is 235 Å². The van der Waals surface area contributed by atoms with Gasteiger partial charge in [0.05, 0.1) is 82.0 Å². The topological polar surface area (TPSA) is 524 Å². The van der Waals surface area contributed by atoms with Crippen LogP contribution < -0.4 is 68.5 Å². The van der Waals surface area contributed by atoms with Crippen molar-refractivity contribution in [1.82, 2.24) is 93.3 Å². The van der Waals surface area contributed by atoms with Crippen LogP contribution in [0.3, 0.4) is 0 Å². The second-order valence-electron chi connectivity index (χ2n) is 30.4. The fourth-order valence-electron chi connectivity index (χ4n) is 13.7. The zero-order chi connectivity index (χ0) is 94.2. The number of aromatic nitrogens is 14. The van der Waals surface area contributed by atoms with Crippen molar-refractivity contribution in [2.75, 3.05) is 129 Å². The standard InChI is InChI=1S/C86H102ClN27O17S/c1-50-51(2)132-86-72(50)73(53-13-15-54(87)16-14-53)98-60(74-106-105-52(3)114(74)86)43-71(119)94-55-17-19-59(20-18-55)131-39-38-130-37-36-129-35-34-128-33-32-127-31-29-88-67(115)21-25-92-83(124)77-103-66(49-112(77)9)104-81(122)63-40-56(44-110(63)7)95-69(117)22-27-93-82(123)76-101-64(47-111(76)8)99-68(116)12-11-24-90-79(120)61-42-58(46-108(61)5)97-85(126)78-102-65(48-113(78)10)100-70(118)23-26-91-80(121)62-41-57(45-109(62)6)96-84(125)75-89-28-30-107(75)4/h13-20,28,30,40-42,44-49,60H,11-12,21-27,29,31-39,43H2,1-10H3,(H,88,115)(H,90,120)(H,91,121)(H,92,124)(H,93,123)(H,94,119)(H,95,117)(H,96,125)(H,97,126)(H,99,116)(H,100,118)(H,104,122)/t60-/m0/s1. The molecule has 46 heteroatoms. The molecule has 1 atom stereocenters. The zero-order valence-corrected chi connectivity index (χ0v) is 75.7. The van der Waals surface area contributed by atoms with Crippen molar-refractivity contribution in [3.63, 3.8) is 0 Å². The molecule has 11 aromatic rings. The Kier molecular flexibility index (Phi) is 33.2. The minimum absolute atomic E-state index is 0.00150. The highest BCUT2D eigenvalue weighted by Gasteiger charge is 2.34. The Labute approximate surface area is 765 Å². The van der Waals surface area contributed by atoms with Crippen LogP contribution in [0.15, 0.2) is 121 Å². The Morgan fingerprint density at radius 2 is 0.879 bits per heavy atom. The van der Waals surface area contributed by atoms with Gasteiger partial charge >= 0.3 is 0 Å². The molecule has 0 radical (unpaired) electrons. The van der Waals surface area contributed by atoms with Crippen LogP contribution in [0.25, 0.3) is 5.00 Å². The monoisotopic (exact) mass is 1850 g/mol. The van der Waals surface area contributed by atoms with Gasteiger partial charge in [0, 0.05) is 184 Å². The Morgan fingerprint density at radius 1 is 0.417 bits per heavy atom. The van der Waals surface area contributed by atoms with Crippen molar-refractivity contribution in [3.05, 3.63) is 195 Å². The van der Waals surface area contributed by atoms with Crippen molar-refractivity contribution >= 4 is 140 Å². The summed E-state index contributed by atoms with van der Waals surface area (Å²) in [5.74, 6) is -3.70. The molecular weight excluding hydrogens is 1750 g/mol. The number of fused-ring (bicyclic) bond motifs is 3. The summed E-state index contributed by atoms with van der Waals surface area (Å²) >= 11 is 7.91. The van der Waals surface area contributed by atoms with Gasteiger partial charge in [-0.2, -0.15) is 0 Å². The maximum atomic E-state index is 13.6. The lowest BCUT2D eigenvalue weighted by atomic mass is 9.99. The number of hydrogen-bond donors (Lipinski definition) is 12. The Bertz CT molecular complexity index is 6080. The van der Waals surface area contributed by atoms with Crippen LogP contribution in [-0.2, 0) is 92.3 Å². The number of nitrogens with zero attached hydrogens (tertiary/aromatic N) is 15. The van der Waals surface area contributed by atoms with Crippen molar-refractivity contribution in [2.24, 2.45) is 54.3 Å². The van der Waals surface area contributed by atoms with Crippen molar-refractivity contribution < 1.29 is 81.2 Å². The number of rotatable bonds is 46. The minimum Gasteiger partial charge on any atom is -0.491 e. The normalized spacial score (nSPS) is 12.1. The number of aryl methyl sites for hydroxylation is 9. The van der Waals surface area contributed by atoms with Gasteiger partial charge < -0.3 is 119 Å². The van der Waals surface area contributed by atoms with Crippen LogP contribution in [0.5, 0.6) is 5.75 Å². The van der Waals surface area contributed by atoms with Gasteiger partial charge in [0.25, 0.3) is 41.4 Å². The molecule has 696 valence electrons. The minimum atomic E-state index is -0.641. The van der Waals surface area contributed by atoms with Gasteiger partial charge in [-0.15, -0.1) is 21.5 Å². The number of nitrogens with one attached hydrogen (secondary N) is 12. The van der Waals surface area contributed by atoms with Gasteiger partial charge in [-0.05, 0) is 87.4 Å². The molecule has 1 aliphatic rings. The van der Waals surface area contributed by atoms with Crippen LogP contribution in [0.1, 0.15) is 152 Å². The van der Waals surface area contributed by atoms with E-state index in [2.05, 4.69) is 108 Å². The van der Waals surface area contributed by atoms with Gasteiger partial charge in [0.15, 0.2) is 29.1 Å². The number of ether oxygens (including phenoxy) is 5. The third kappa shape index (κ3) is 26.0. The first-order valence-electron chi connectivity index (χ1n) is 41.9. The van der Waals surface area contributed by atoms with Gasteiger partial charge in [-0.1, -0.05) is 23.7 Å². The van der Waals surface area contributed by atoms with E-state index in [4.69, 9.17) is 40.3 Å². The van der Waals surface area contributed by atoms with Crippen LogP contribution in [0.4, 0.5) is 40.2 Å². The molecular formula is C86H102ClN27O17S. The zero-order valence-electron chi connectivity index (χ0n) is 74.1. The van der Waals surface area contributed by atoms with E-state index < -0.39 is 65.1 Å². The molecule has 0 aliphatic carbocycles. The van der Waals surface area contributed by atoms with E-state index >= 15 is 0 Å². The van der Waals surface area contributed by atoms with Gasteiger partial charge in [-0.3, -0.25) is 67.1 Å². The third-order valence-corrected chi connectivity index (χ3v) is 21.8. The number of amides is 12. The Balaban J connectivity index is 0.451. The number of hydrogen-bond acceptors (Lipinski definition) is 25. The smallest absolute Gasteiger partial charge is 0.291 e. The van der Waals surface area contributed by atoms with Crippen molar-refractivity contribution in [2.45, 2.75) is 65.3 Å². The van der Waals surface area contributed by atoms with E-state index in [0.29, 0.717) is 86.7 Å². The largest absolute Gasteiger partial charge is 0.491 e. The lowest BCUT2D eigenvalue weighted by Gasteiger charge is -2.13. The Morgan fingerprint density at radius 3 is 1.42 bits per heavy atom. The molecule has 0 saturated heterocycles. The molecule has 12 rings (SSSR count). The first-order chi connectivity index (χ1) is 63.4. The number of benzene rings is 2. The number of aliphatic imine (C=N–C) groups is 1. The van der Waals surface area contributed by atoms with Gasteiger partial charge in [-0.25, -0.2) is 19.9 Å². The van der Waals surface area contributed by atoms with E-state index in [-0.39, 0.29) is 159 Å². The van der Waals surface area contributed by atoms with E-state index in [1.165, 1.54) is 82.8 Å². The summed E-state index contributed by atoms with van der Waals surface area (Å²) in [4.78, 5) is 180. The van der Waals surface area contributed by atoms with Crippen molar-refractivity contribution in [1.29, 1.82) is 0 Å². The molecule has 9 aromatic heterocycles. The first kappa shape index (κ1) is 96.3. The second kappa shape index (κ2) is 45.4. The highest BCUT2D eigenvalue weighted by atomic mass is 35.5. The summed E-state index contributed by atoms with van der Waals surface area (Å²) in [6.45, 7) is 9.13.